The molecule has 0 bridgehead atoms. The molecule has 0 spiro atoms. The minimum absolute atomic E-state index is 0.117. The first-order valence-corrected chi connectivity index (χ1v) is 4.30. The van der Waals surface area contributed by atoms with E-state index in [0.29, 0.717) is 0 Å². The van der Waals surface area contributed by atoms with Gasteiger partial charge in [-0.15, -0.1) is 0 Å². The fraction of sp³-hybridized carbons (Fsp3) is 0.100. The minimum Gasteiger partial charge on any atom is -0.504 e. The Balaban J connectivity index is 2.92. The van der Waals surface area contributed by atoms with Crippen LogP contribution in [0.15, 0.2) is 18.2 Å². The molecule has 1 rings (SSSR count). The van der Waals surface area contributed by atoms with E-state index in [1.54, 1.807) is 5.32 Å². The molecule has 0 aliphatic carbocycles. The molecule has 0 radical (unpaired) electrons. The minimum atomic E-state index is -1.09. The maximum atomic E-state index is 11.4. The Hall–Kier alpha value is -2.37. The van der Waals surface area contributed by atoms with Crippen molar-refractivity contribution in [1.82, 2.24) is 5.32 Å². The van der Waals surface area contributed by atoms with Crippen molar-refractivity contribution in [2.75, 3.05) is 0 Å². The summed E-state index contributed by atoms with van der Waals surface area (Å²) in [6.45, 7) is 1.10. The molecule has 0 aromatic heterocycles. The van der Waals surface area contributed by atoms with Gasteiger partial charge in [0.25, 0.3) is 11.7 Å². The number of nitrogens with one attached hydrogen (secondary N) is 1. The quantitative estimate of drug-likeness (QED) is 0.370. The monoisotopic (exact) mass is 223 g/mol. The predicted octanol–water partition coefficient (Wildman–Crippen LogP) is -0.0568. The van der Waals surface area contributed by atoms with Crippen LogP contribution in [-0.4, -0.2) is 27.8 Å². The molecule has 3 N–H and O–H groups in total. The third-order valence-electron chi connectivity index (χ3n) is 1.73. The zero-order valence-electron chi connectivity index (χ0n) is 8.35. The summed E-state index contributed by atoms with van der Waals surface area (Å²) in [6, 6.07) is 3.18. The first kappa shape index (κ1) is 11.7. The summed E-state index contributed by atoms with van der Waals surface area (Å²) in [5.41, 5.74) is -0.117. The third kappa shape index (κ3) is 2.57. The maximum absolute atomic E-state index is 11.4. The van der Waals surface area contributed by atoms with Crippen molar-refractivity contribution in [3.8, 4) is 11.5 Å². The van der Waals surface area contributed by atoms with E-state index in [9.17, 15) is 14.4 Å². The van der Waals surface area contributed by atoms with Gasteiger partial charge in [0, 0.05) is 12.5 Å². The summed E-state index contributed by atoms with van der Waals surface area (Å²) in [5, 5.41) is 19.9. The van der Waals surface area contributed by atoms with E-state index in [1.807, 2.05) is 0 Å². The van der Waals surface area contributed by atoms with Crippen molar-refractivity contribution in [3.05, 3.63) is 23.8 Å². The van der Waals surface area contributed by atoms with Gasteiger partial charge in [-0.2, -0.15) is 0 Å². The van der Waals surface area contributed by atoms with E-state index in [-0.39, 0.29) is 5.56 Å². The van der Waals surface area contributed by atoms with E-state index in [4.69, 9.17) is 10.2 Å². The number of Topliss-reactive ketones (excluding diaryl/α,β-unsaturated/α-hetero) is 1. The Morgan fingerprint density at radius 3 is 2.25 bits per heavy atom. The van der Waals surface area contributed by atoms with Crippen LogP contribution in [0.1, 0.15) is 17.3 Å². The van der Waals surface area contributed by atoms with Gasteiger partial charge in [-0.05, 0) is 18.2 Å². The fourth-order valence-corrected chi connectivity index (χ4v) is 1.01. The number of carbonyl (C=O) groups excluding carboxylic acids is 3. The number of rotatable bonds is 2. The number of hydrogen-bond donors (Lipinski definition) is 3. The predicted molar refractivity (Wildman–Crippen MR) is 52.9 cm³/mol. The van der Waals surface area contributed by atoms with Crippen molar-refractivity contribution in [3.63, 3.8) is 0 Å². The number of amides is 2. The largest absolute Gasteiger partial charge is 0.504 e. The molecule has 6 nitrogen and oxygen atoms in total. The van der Waals surface area contributed by atoms with E-state index in [2.05, 4.69) is 0 Å². The van der Waals surface area contributed by atoms with Gasteiger partial charge in [-0.3, -0.25) is 19.7 Å². The molecule has 0 saturated carbocycles. The van der Waals surface area contributed by atoms with Crippen LogP contribution in [0.5, 0.6) is 11.5 Å². The Kier molecular flexibility index (Phi) is 3.24. The van der Waals surface area contributed by atoms with Crippen LogP contribution < -0.4 is 5.32 Å². The number of carbonyl (C=O) groups is 3. The molecule has 2 amide bonds. The van der Waals surface area contributed by atoms with Gasteiger partial charge >= 0.3 is 0 Å². The van der Waals surface area contributed by atoms with Gasteiger partial charge in [0.15, 0.2) is 11.5 Å². The Morgan fingerprint density at radius 1 is 1.12 bits per heavy atom. The Bertz CT molecular complexity index is 466. The van der Waals surface area contributed by atoms with E-state index in [0.717, 1.165) is 25.1 Å². The highest BCUT2D eigenvalue weighted by Crippen LogP contribution is 2.24. The second kappa shape index (κ2) is 4.43. The van der Waals surface area contributed by atoms with Gasteiger partial charge in [0.2, 0.25) is 5.91 Å². The number of benzene rings is 1. The summed E-state index contributed by atoms with van der Waals surface area (Å²) in [5.74, 6) is -3.62. The topological polar surface area (TPSA) is 104 Å². The first-order valence-electron chi connectivity index (χ1n) is 4.30. The average molecular weight is 223 g/mol. The van der Waals surface area contributed by atoms with Gasteiger partial charge in [-0.25, -0.2) is 0 Å². The maximum Gasteiger partial charge on any atom is 0.298 e. The van der Waals surface area contributed by atoms with E-state index < -0.39 is 29.1 Å². The SMILES string of the molecule is CC(=O)NC(=O)C(=O)c1ccc(O)c(O)c1. The zero-order valence-corrected chi connectivity index (χ0v) is 8.35. The van der Waals surface area contributed by atoms with Gasteiger partial charge in [0.05, 0.1) is 0 Å². The highest BCUT2D eigenvalue weighted by Gasteiger charge is 2.18. The van der Waals surface area contributed by atoms with Crippen molar-refractivity contribution >= 4 is 17.6 Å². The highest BCUT2D eigenvalue weighted by molar-refractivity contribution is 6.44. The Labute approximate surface area is 90.5 Å². The summed E-state index contributed by atoms with van der Waals surface area (Å²) >= 11 is 0. The molecule has 0 unspecified atom stereocenters. The normalized spacial score (nSPS) is 9.56. The summed E-state index contributed by atoms with van der Waals surface area (Å²) < 4.78 is 0. The first-order chi connectivity index (χ1) is 7.41. The molecule has 0 aliphatic heterocycles. The number of aromatic hydroxyl groups is 2. The molecule has 0 heterocycles. The molecule has 84 valence electrons. The van der Waals surface area contributed by atoms with Crippen molar-refractivity contribution in [2.45, 2.75) is 6.92 Å². The molecule has 6 heteroatoms. The molecular weight excluding hydrogens is 214 g/mol. The molecule has 0 fully saturated rings. The second-order valence-corrected chi connectivity index (χ2v) is 3.04. The summed E-state index contributed by atoms with van der Waals surface area (Å²) in [4.78, 5) is 33.0. The molecule has 1 aromatic carbocycles. The van der Waals surface area contributed by atoms with E-state index in [1.165, 1.54) is 0 Å². The van der Waals surface area contributed by atoms with Crippen LogP contribution >= 0.6 is 0 Å². The average Bonchev–Trinajstić information content (AvgIpc) is 2.20. The number of ketones is 1. The fourth-order valence-electron chi connectivity index (χ4n) is 1.01. The lowest BCUT2D eigenvalue weighted by molar-refractivity contribution is -0.126. The lowest BCUT2D eigenvalue weighted by Crippen LogP contribution is -2.34. The zero-order chi connectivity index (χ0) is 12.3. The van der Waals surface area contributed by atoms with Crippen molar-refractivity contribution < 1.29 is 24.6 Å². The molecule has 0 saturated heterocycles. The van der Waals surface area contributed by atoms with Crippen molar-refractivity contribution in [1.29, 1.82) is 0 Å². The van der Waals surface area contributed by atoms with Crippen LogP contribution in [0.3, 0.4) is 0 Å². The molecule has 1 aromatic rings. The van der Waals surface area contributed by atoms with E-state index >= 15 is 0 Å². The third-order valence-corrected chi connectivity index (χ3v) is 1.73. The lowest BCUT2D eigenvalue weighted by atomic mass is 10.1. The molecule has 0 atom stereocenters. The van der Waals surface area contributed by atoms with Crippen molar-refractivity contribution in [2.24, 2.45) is 0 Å². The van der Waals surface area contributed by atoms with Crippen LogP contribution in [0, 0.1) is 0 Å². The summed E-state index contributed by atoms with van der Waals surface area (Å²) in [6.07, 6.45) is 0. The summed E-state index contributed by atoms with van der Waals surface area (Å²) in [7, 11) is 0. The van der Waals surface area contributed by atoms with Gasteiger partial charge in [-0.1, -0.05) is 0 Å². The van der Waals surface area contributed by atoms with Crippen LogP contribution in [0.25, 0.3) is 0 Å². The molecule has 16 heavy (non-hydrogen) atoms. The van der Waals surface area contributed by atoms with Crippen LogP contribution in [-0.2, 0) is 9.59 Å². The second-order valence-electron chi connectivity index (χ2n) is 3.04. The number of imide groups is 1. The molecule has 0 aliphatic rings. The van der Waals surface area contributed by atoms with Gasteiger partial charge in [0.1, 0.15) is 0 Å². The van der Waals surface area contributed by atoms with Crippen LogP contribution in [0.4, 0.5) is 0 Å². The lowest BCUT2D eigenvalue weighted by Gasteiger charge is -2.02. The number of phenolic OH excluding ortho intramolecular Hbond substituents is 2. The smallest absolute Gasteiger partial charge is 0.298 e. The Morgan fingerprint density at radius 2 is 1.75 bits per heavy atom. The number of phenols is 2. The standard InChI is InChI=1S/C10H9NO5/c1-5(12)11-10(16)9(15)6-2-3-7(13)8(14)4-6/h2-4,13-14H,1H3,(H,11,12,16). The molecular formula is C10H9NO5. The number of hydrogen-bond acceptors (Lipinski definition) is 5. The van der Waals surface area contributed by atoms with Gasteiger partial charge < -0.3 is 10.2 Å². The highest BCUT2D eigenvalue weighted by atomic mass is 16.3. The van der Waals surface area contributed by atoms with Crippen LogP contribution in [0.2, 0.25) is 0 Å².